The molecule has 19 heavy (non-hydrogen) atoms. The van der Waals surface area contributed by atoms with E-state index in [-0.39, 0.29) is 31.2 Å². The van der Waals surface area contributed by atoms with Crippen LogP contribution in [0, 0.1) is 0 Å². The van der Waals surface area contributed by atoms with Gasteiger partial charge in [0.15, 0.2) is 17.3 Å². The first kappa shape index (κ1) is 8.82. The second-order valence-electron chi connectivity index (χ2n) is 4.11. The maximum Gasteiger partial charge on any atom is 0.231 e. The maximum atomic E-state index is 12.8. The van der Waals surface area contributed by atoms with E-state index in [2.05, 4.69) is 0 Å². The Balaban J connectivity index is 0.00000312. The zero-order chi connectivity index (χ0) is 18.1. The fourth-order valence-corrected chi connectivity index (χ4v) is 1.89. The standard InChI is InChI=1S/C14H19NO3.ClH/c1-4-5-11(15(2)3)14(16)10-6-7-12-13(8-10)18-9-17-12;/h6-8,11H,4-5,9H2,1-3H3;1H/i2D3,3D3;. The minimum atomic E-state index is -2.92. The molecule has 0 radical (unpaired) electrons. The monoisotopic (exact) mass is 291 g/mol. The number of Topliss-reactive ketones (excluding diaryl/α,β-unsaturated/α-hetero) is 1. The van der Waals surface area contributed by atoms with Crippen LogP contribution in [-0.4, -0.2) is 37.5 Å². The highest BCUT2D eigenvalue weighted by Gasteiger charge is 2.23. The number of ether oxygens (including phenoxy) is 2. The molecule has 1 aliphatic rings. The lowest BCUT2D eigenvalue weighted by Gasteiger charge is -2.22. The summed E-state index contributed by atoms with van der Waals surface area (Å²) in [5.74, 6) is 0.301. The molecule has 0 saturated heterocycles. The van der Waals surface area contributed by atoms with Gasteiger partial charge in [0.2, 0.25) is 6.79 Å². The lowest BCUT2D eigenvalue weighted by molar-refractivity contribution is 0.0865. The topological polar surface area (TPSA) is 38.8 Å². The first-order valence-electron chi connectivity index (χ1n) is 8.79. The molecule has 5 heteroatoms. The Morgan fingerprint density at radius 2 is 2.16 bits per heavy atom. The minimum Gasteiger partial charge on any atom is -0.454 e. The van der Waals surface area contributed by atoms with E-state index in [1.165, 1.54) is 12.1 Å². The second kappa shape index (κ2) is 6.78. The molecule has 1 aromatic carbocycles. The van der Waals surface area contributed by atoms with Gasteiger partial charge in [0, 0.05) is 13.8 Å². The molecular weight excluding hydrogens is 266 g/mol. The zero-order valence-electron chi connectivity index (χ0n) is 16.5. The van der Waals surface area contributed by atoms with Gasteiger partial charge in [-0.2, -0.15) is 0 Å². The van der Waals surface area contributed by atoms with E-state index >= 15 is 0 Å². The van der Waals surface area contributed by atoms with Gasteiger partial charge in [0.25, 0.3) is 0 Å². The Bertz CT molecular complexity index is 606. The van der Waals surface area contributed by atoms with Gasteiger partial charge in [0.05, 0.1) is 6.04 Å². The first-order valence-corrected chi connectivity index (χ1v) is 5.79. The molecule has 0 aliphatic carbocycles. The summed E-state index contributed by atoms with van der Waals surface area (Å²) in [6.07, 6.45) is 0.577. The lowest BCUT2D eigenvalue weighted by Crippen LogP contribution is -2.35. The molecule has 0 amide bonds. The van der Waals surface area contributed by atoms with Gasteiger partial charge >= 0.3 is 0 Å². The summed E-state index contributed by atoms with van der Waals surface area (Å²) < 4.78 is 55.6. The Morgan fingerprint density at radius 1 is 1.42 bits per heavy atom. The smallest absolute Gasteiger partial charge is 0.231 e. The van der Waals surface area contributed by atoms with Crippen molar-refractivity contribution < 1.29 is 22.5 Å². The van der Waals surface area contributed by atoms with E-state index in [0.29, 0.717) is 22.8 Å². The molecule has 0 aromatic heterocycles. The molecular formula is C14H20ClNO3. The molecule has 2 rings (SSSR count). The number of rotatable bonds is 5. The van der Waals surface area contributed by atoms with Crippen LogP contribution in [0.2, 0.25) is 0 Å². The zero-order valence-corrected chi connectivity index (χ0v) is 11.3. The number of fused-ring (bicyclic) bond motifs is 1. The van der Waals surface area contributed by atoms with Crippen molar-refractivity contribution in [2.24, 2.45) is 0 Å². The van der Waals surface area contributed by atoms with Crippen LogP contribution < -0.4 is 9.47 Å². The number of carbonyl (C=O) groups is 1. The van der Waals surface area contributed by atoms with Gasteiger partial charge in [-0.05, 0) is 38.6 Å². The Kier molecular flexibility index (Phi) is 3.15. The van der Waals surface area contributed by atoms with E-state index in [4.69, 9.17) is 17.7 Å². The number of nitrogens with zero attached hydrogens (tertiary/aromatic N) is 1. The number of benzene rings is 1. The molecule has 0 N–H and O–H groups in total. The normalized spacial score (nSPS) is 20.1. The second-order valence-corrected chi connectivity index (χ2v) is 4.11. The van der Waals surface area contributed by atoms with E-state index in [1.807, 2.05) is 0 Å². The molecule has 4 nitrogen and oxygen atoms in total. The third-order valence-corrected chi connectivity index (χ3v) is 2.83. The number of hydrogen-bond donors (Lipinski definition) is 0. The molecule has 0 saturated carbocycles. The van der Waals surface area contributed by atoms with Gasteiger partial charge < -0.3 is 9.47 Å². The van der Waals surface area contributed by atoms with E-state index < -0.39 is 25.8 Å². The van der Waals surface area contributed by atoms with E-state index in [0.717, 1.165) is 0 Å². The van der Waals surface area contributed by atoms with Gasteiger partial charge in [-0.1, -0.05) is 13.3 Å². The van der Waals surface area contributed by atoms with Crippen molar-refractivity contribution in [1.29, 1.82) is 0 Å². The third-order valence-electron chi connectivity index (χ3n) is 2.83. The van der Waals surface area contributed by atoms with E-state index in [1.54, 1.807) is 13.0 Å². The molecule has 1 unspecified atom stereocenters. The fraction of sp³-hybridized carbons (Fsp3) is 0.500. The van der Waals surface area contributed by atoms with Crippen molar-refractivity contribution in [3.05, 3.63) is 23.8 Å². The van der Waals surface area contributed by atoms with Crippen LogP contribution in [0.4, 0.5) is 0 Å². The van der Waals surface area contributed by atoms with Crippen molar-refractivity contribution in [2.45, 2.75) is 25.8 Å². The highest BCUT2D eigenvalue weighted by atomic mass is 35.5. The molecule has 1 aromatic rings. The van der Waals surface area contributed by atoms with Crippen molar-refractivity contribution in [2.75, 3.05) is 20.7 Å². The van der Waals surface area contributed by atoms with Gasteiger partial charge in [0.1, 0.15) is 0 Å². The average molecular weight is 292 g/mol. The number of hydrogen-bond acceptors (Lipinski definition) is 4. The van der Waals surface area contributed by atoms with E-state index in [9.17, 15) is 4.79 Å². The minimum absolute atomic E-state index is 0. The maximum absolute atomic E-state index is 12.8. The number of halogens is 1. The largest absolute Gasteiger partial charge is 0.454 e. The van der Waals surface area contributed by atoms with Crippen molar-refractivity contribution in [3.63, 3.8) is 0 Å². The summed E-state index contributed by atoms with van der Waals surface area (Å²) in [6, 6.07) is 3.20. The Hall–Kier alpha value is -1.26. The molecule has 106 valence electrons. The molecule has 1 heterocycles. The summed E-state index contributed by atoms with van der Waals surface area (Å²) in [6.45, 7) is -4.03. The Labute approximate surface area is 128 Å². The highest BCUT2D eigenvalue weighted by Crippen LogP contribution is 2.33. The van der Waals surface area contributed by atoms with Crippen LogP contribution in [-0.2, 0) is 0 Å². The number of likely N-dealkylation sites (N-methyl/N-ethyl adjacent to an activating group) is 1. The average Bonchev–Trinajstić information content (AvgIpc) is 2.90. The predicted octanol–water partition coefficient (Wildman–Crippen LogP) is 2.75. The summed E-state index contributed by atoms with van der Waals surface area (Å²) in [5, 5.41) is 0. The highest BCUT2D eigenvalue weighted by molar-refractivity contribution is 6.00. The number of carbonyl (C=O) groups excluding carboxylic acids is 1. The summed E-state index contributed by atoms with van der Waals surface area (Å²) in [5.41, 5.74) is 0.191. The molecule has 1 aliphatic heterocycles. The van der Waals surface area contributed by atoms with Gasteiger partial charge in [-0.3, -0.25) is 9.69 Å². The summed E-state index contributed by atoms with van der Waals surface area (Å²) in [4.78, 5) is 13.2. The van der Waals surface area contributed by atoms with Crippen LogP contribution in [0.5, 0.6) is 11.5 Å². The molecule has 0 fully saturated rings. The molecule has 0 bridgehead atoms. The molecule has 0 spiro atoms. The van der Waals surface area contributed by atoms with Crippen LogP contribution in [0.25, 0.3) is 0 Å². The van der Waals surface area contributed by atoms with Crippen molar-refractivity contribution in [1.82, 2.24) is 4.90 Å². The first-order chi connectivity index (χ1) is 11.1. The fourth-order valence-electron chi connectivity index (χ4n) is 1.89. The summed E-state index contributed by atoms with van der Waals surface area (Å²) >= 11 is 0. The van der Waals surface area contributed by atoms with Crippen molar-refractivity contribution in [3.8, 4) is 11.5 Å². The SMILES string of the molecule is Cl.[2H]C([2H])([2H])N(C(CCC)C(=O)c1ccc2c(c1)OCO2)C([2H])([2H])[2H]. The number of ketones is 1. The molecule has 1 atom stereocenters. The van der Waals surface area contributed by atoms with Gasteiger partial charge in [-0.25, -0.2) is 0 Å². The van der Waals surface area contributed by atoms with Crippen LogP contribution in [0.1, 0.15) is 38.3 Å². The quantitative estimate of drug-likeness (QED) is 0.782. The van der Waals surface area contributed by atoms with Crippen molar-refractivity contribution >= 4 is 18.2 Å². The van der Waals surface area contributed by atoms with Gasteiger partial charge in [-0.15, -0.1) is 12.4 Å². The lowest BCUT2D eigenvalue weighted by atomic mass is 9.99. The predicted molar refractivity (Wildman–Crippen MR) is 76.5 cm³/mol. The summed E-state index contributed by atoms with van der Waals surface area (Å²) in [7, 11) is 0. The third kappa shape index (κ3) is 3.39. The Morgan fingerprint density at radius 3 is 2.84 bits per heavy atom. The van der Waals surface area contributed by atoms with Crippen LogP contribution in [0.15, 0.2) is 18.2 Å². The van der Waals surface area contributed by atoms with Crippen LogP contribution in [0.3, 0.4) is 0 Å². The van der Waals surface area contributed by atoms with Crippen LogP contribution >= 0.6 is 12.4 Å².